The number of ketones is 1. The average molecular weight is 258 g/mol. The van der Waals surface area contributed by atoms with Crippen LogP contribution in [0.3, 0.4) is 0 Å². The lowest BCUT2D eigenvalue weighted by molar-refractivity contribution is -0.120. The van der Waals surface area contributed by atoms with Gasteiger partial charge < -0.3 is 0 Å². The first-order valence-electron chi connectivity index (χ1n) is 6.21. The fourth-order valence-corrected chi connectivity index (χ4v) is 3.03. The predicted octanol–water partition coefficient (Wildman–Crippen LogP) is 3.43. The Hall–Kier alpha value is -1.55. The molecule has 0 aromatic carbocycles. The molecule has 2 aromatic heterocycles. The third-order valence-electron chi connectivity index (χ3n) is 3.36. The van der Waals surface area contributed by atoms with Crippen molar-refractivity contribution in [3.05, 3.63) is 35.6 Å². The van der Waals surface area contributed by atoms with E-state index in [-0.39, 0.29) is 0 Å². The lowest BCUT2D eigenvalue weighted by atomic mass is 9.88. The van der Waals surface area contributed by atoms with Crippen LogP contribution in [0.1, 0.15) is 37.4 Å². The van der Waals surface area contributed by atoms with Gasteiger partial charge in [0.25, 0.3) is 0 Å². The topological polar surface area (TPSA) is 42.9 Å². The molecule has 0 aliphatic heterocycles. The van der Waals surface area contributed by atoms with E-state index in [1.54, 1.807) is 11.3 Å². The van der Waals surface area contributed by atoms with Gasteiger partial charge in [0.15, 0.2) is 0 Å². The van der Waals surface area contributed by atoms with Crippen LogP contribution in [0.2, 0.25) is 0 Å². The Balaban J connectivity index is 1.85. The molecular formula is C14H14N2OS. The Morgan fingerprint density at radius 1 is 1.22 bits per heavy atom. The molecule has 0 N–H and O–H groups in total. The Bertz CT molecular complexity index is 541. The van der Waals surface area contributed by atoms with E-state index in [0.29, 0.717) is 24.5 Å². The zero-order valence-corrected chi connectivity index (χ0v) is 10.8. The van der Waals surface area contributed by atoms with Crippen molar-refractivity contribution in [1.29, 1.82) is 0 Å². The zero-order valence-electron chi connectivity index (χ0n) is 10.0. The zero-order chi connectivity index (χ0) is 12.4. The Labute approximate surface area is 110 Å². The largest absolute Gasteiger partial charge is 0.300 e. The van der Waals surface area contributed by atoms with E-state index in [4.69, 9.17) is 0 Å². The minimum absolute atomic E-state index is 0.350. The molecule has 2 aromatic rings. The number of Topliss-reactive ketones (excluding diaryl/α,β-unsaturated/α-hetero) is 1. The van der Waals surface area contributed by atoms with E-state index in [9.17, 15) is 4.79 Å². The van der Waals surface area contributed by atoms with Crippen LogP contribution in [-0.4, -0.2) is 15.8 Å². The highest BCUT2D eigenvalue weighted by Crippen LogP contribution is 2.30. The first-order valence-corrected chi connectivity index (χ1v) is 7.09. The van der Waals surface area contributed by atoms with Crippen molar-refractivity contribution >= 4 is 17.1 Å². The minimum atomic E-state index is 0.350. The maximum Gasteiger partial charge on any atom is 0.132 e. The summed E-state index contributed by atoms with van der Waals surface area (Å²) in [6.07, 6.45) is 4.97. The second kappa shape index (κ2) is 4.98. The maximum absolute atomic E-state index is 11.3. The summed E-state index contributed by atoms with van der Waals surface area (Å²) in [6.45, 7) is 0. The molecule has 1 saturated carbocycles. The summed E-state index contributed by atoms with van der Waals surface area (Å²) in [5.41, 5.74) is 0.993. The highest BCUT2D eigenvalue weighted by atomic mass is 32.1. The van der Waals surface area contributed by atoms with Gasteiger partial charge in [0, 0.05) is 25.0 Å². The molecule has 0 atom stereocenters. The van der Waals surface area contributed by atoms with Gasteiger partial charge in [0.1, 0.15) is 11.6 Å². The molecule has 3 rings (SSSR count). The Kier molecular flexibility index (Phi) is 3.19. The van der Waals surface area contributed by atoms with Gasteiger partial charge in [-0.3, -0.25) is 4.79 Å². The molecular weight excluding hydrogens is 244 g/mol. The third-order valence-corrected chi connectivity index (χ3v) is 4.25. The van der Waals surface area contributed by atoms with Crippen LogP contribution in [0, 0.1) is 0 Å². The number of aromatic nitrogens is 2. The van der Waals surface area contributed by atoms with Gasteiger partial charge >= 0.3 is 0 Å². The highest BCUT2D eigenvalue weighted by Gasteiger charge is 2.22. The molecule has 1 fully saturated rings. The Morgan fingerprint density at radius 3 is 2.78 bits per heavy atom. The SMILES string of the molecule is O=C1CCC(c2nccc(-c3cccs3)n2)CC1. The molecule has 1 aliphatic carbocycles. The number of rotatable bonds is 2. The van der Waals surface area contributed by atoms with Crippen molar-refractivity contribution < 1.29 is 4.79 Å². The highest BCUT2D eigenvalue weighted by molar-refractivity contribution is 7.13. The molecule has 0 bridgehead atoms. The molecule has 0 spiro atoms. The number of thiophene rings is 1. The smallest absolute Gasteiger partial charge is 0.132 e. The molecule has 0 amide bonds. The summed E-state index contributed by atoms with van der Waals surface area (Å²) in [5, 5.41) is 2.05. The molecule has 92 valence electrons. The summed E-state index contributed by atoms with van der Waals surface area (Å²) in [5.74, 6) is 1.62. The van der Waals surface area contributed by atoms with E-state index in [1.807, 2.05) is 18.3 Å². The van der Waals surface area contributed by atoms with Crippen molar-refractivity contribution in [2.75, 3.05) is 0 Å². The third kappa shape index (κ3) is 2.34. The molecule has 0 unspecified atom stereocenters. The van der Waals surface area contributed by atoms with Gasteiger partial charge in [0.2, 0.25) is 0 Å². The number of hydrogen-bond donors (Lipinski definition) is 0. The fourth-order valence-electron chi connectivity index (χ4n) is 2.33. The van der Waals surface area contributed by atoms with Crippen LogP contribution < -0.4 is 0 Å². The number of carbonyl (C=O) groups is 1. The fraction of sp³-hybridized carbons (Fsp3) is 0.357. The first kappa shape index (κ1) is 11.5. The van der Waals surface area contributed by atoms with Gasteiger partial charge in [0.05, 0.1) is 10.6 Å². The normalized spacial score (nSPS) is 17.0. The van der Waals surface area contributed by atoms with E-state index in [2.05, 4.69) is 21.4 Å². The second-order valence-corrected chi connectivity index (χ2v) is 5.54. The standard InChI is InChI=1S/C14H14N2OS/c17-11-5-3-10(4-6-11)14-15-8-7-12(16-14)13-2-1-9-18-13/h1-2,7-10H,3-6H2. The van der Waals surface area contributed by atoms with Crippen LogP contribution in [0.15, 0.2) is 29.8 Å². The molecule has 2 heterocycles. The van der Waals surface area contributed by atoms with E-state index < -0.39 is 0 Å². The summed E-state index contributed by atoms with van der Waals surface area (Å²) >= 11 is 1.69. The van der Waals surface area contributed by atoms with Crippen LogP contribution in [-0.2, 0) is 4.79 Å². The lowest BCUT2D eigenvalue weighted by Gasteiger charge is -2.19. The van der Waals surface area contributed by atoms with Crippen molar-refractivity contribution in [3.63, 3.8) is 0 Å². The molecule has 0 radical (unpaired) electrons. The summed E-state index contributed by atoms with van der Waals surface area (Å²) in [4.78, 5) is 21.5. The van der Waals surface area contributed by atoms with Gasteiger partial charge in [-0.25, -0.2) is 9.97 Å². The Morgan fingerprint density at radius 2 is 2.06 bits per heavy atom. The predicted molar refractivity (Wildman–Crippen MR) is 71.6 cm³/mol. The average Bonchev–Trinajstić information content (AvgIpc) is 2.94. The van der Waals surface area contributed by atoms with E-state index in [0.717, 1.165) is 24.4 Å². The summed E-state index contributed by atoms with van der Waals surface area (Å²) < 4.78 is 0. The van der Waals surface area contributed by atoms with E-state index >= 15 is 0 Å². The van der Waals surface area contributed by atoms with Crippen LogP contribution in [0.5, 0.6) is 0 Å². The molecule has 0 saturated heterocycles. The van der Waals surface area contributed by atoms with Gasteiger partial charge in [-0.05, 0) is 30.4 Å². The lowest BCUT2D eigenvalue weighted by Crippen LogP contribution is -2.14. The molecule has 18 heavy (non-hydrogen) atoms. The van der Waals surface area contributed by atoms with Gasteiger partial charge in [-0.1, -0.05) is 6.07 Å². The number of hydrogen-bond acceptors (Lipinski definition) is 4. The van der Waals surface area contributed by atoms with Gasteiger partial charge in [-0.15, -0.1) is 11.3 Å². The summed E-state index contributed by atoms with van der Waals surface area (Å²) in [7, 11) is 0. The molecule has 1 aliphatic rings. The van der Waals surface area contributed by atoms with Crippen molar-refractivity contribution in [1.82, 2.24) is 9.97 Å². The monoisotopic (exact) mass is 258 g/mol. The van der Waals surface area contributed by atoms with Crippen molar-refractivity contribution in [2.24, 2.45) is 0 Å². The van der Waals surface area contributed by atoms with Crippen molar-refractivity contribution in [2.45, 2.75) is 31.6 Å². The minimum Gasteiger partial charge on any atom is -0.300 e. The van der Waals surface area contributed by atoms with Crippen molar-refractivity contribution in [3.8, 4) is 10.6 Å². The quantitative estimate of drug-likeness (QED) is 0.828. The first-order chi connectivity index (χ1) is 8.83. The van der Waals surface area contributed by atoms with E-state index in [1.165, 1.54) is 4.88 Å². The summed E-state index contributed by atoms with van der Waals surface area (Å²) in [6, 6.07) is 6.05. The number of nitrogens with zero attached hydrogens (tertiary/aromatic N) is 2. The second-order valence-electron chi connectivity index (χ2n) is 4.59. The van der Waals surface area contributed by atoms with Crippen LogP contribution in [0.25, 0.3) is 10.6 Å². The molecule has 4 heteroatoms. The van der Waals surface area contributed by atoms with Crippen LogP contribution in [0.4, 0.5) is 0 Å². The number of carbonyl (C=O) groups excluding carboxylic acids is 1. The van der Waals surface area contributed by atoms with Gasteiger partial charge in [-0.2, -0.15) is 0 Å². The maximum atomic E-state index is 11.3. The van der Waals surface area contributed by atoms with Crippen LogP contribution >= 0.6 is 11.3 Å². The molecule has 3 nitrogen and oxygen atoms in total.